The maximum Gasteiger partial charge on any atom is 0.178 e. The third-order valence-corrected chi connectivity index (χ3v) is 8.22. The monoisotopic (exact) mass is 574 g/mol. The van der Waals surface area contributed by atoms with Crippen LogP contribution < -0.4 is 0 Å². The molecular formula is C36H26N6S. The number of nitrogens with zero attached hydrogens (tertiary/aromatic N) is 5. The first-order valence-corrected chi connectivity index (χ1v) is 14.7. The van der Waals surface area contributed by atoms with E-state index >= 15 is 0 Å². The van der Waals surface area contributed by atoms with Gasteiger partial charge in [0.2, 0.25) is 0 Å². The molecule has 0 atom stereocenters. The SMILES string of the molecule is SC1=C(n2[nH]c3c4ccccc4c(-c4cccc(-c5nc(-c6ccccc6)nc(-c6ccccc6)n5)c4)nc32)CCC=C1. The Labute approximate surface area is 253 Å². The Morgan fingerprint density at radius 2 is 1.19 bits per heavy atom. The van der Waals surface area contributed by atoms with Crippen LogP contribution >= 0.6 is 12.6 Å². The van der Waals surface area contributed by atoms with Gasteiger partial charge in [-0.15, -0.1) is 12.6 Å². The molecule has 0 unspecified atom stereocenters. The molecule has 0 fully saturated rings. The molecular weight excluding hydrogens is 549 g/mol. The summed E-state index contributed by atoms with van der Waals surface area (Å²) in [4.78, 5) is 20.9. The van der Waals surface area contributed by atoms with E-state index < -0.39 is 0 Å². The molecule has 0 spiro atoms. The summed E-state index contributed by atoms with van der Waals surface area (Å²) in [5, 5.41) is 5.75. The van der Waals surface area contributed by atoms with Crippen LogP contribution in [0.25, 0.3) is 73.1 Å². The van der Waals surface area contributed by atoms with E-state index in [1.807, 2.05) is 72.8 Å². The molecule has 0 bridgehead atoms. The van der Waals surface area contributed by atoms with Crippen molar-refractivity contribution in [3.05, 3.63) is 126 Å². The molecule has 1 aliphatic carbocycles. The minimum absolute atomic E-state index is 0.616. The third kappa shape index (κ3) is 4.54. The normalized spacial score (nSPS) is 13.3. The quantitative estimate of drug-likeness (QED) is 0.202. The number of pyridine rings is 1. The van der Waals surface area contributed by atoms with E-state index in [2.05, 4.69) is 58.3 Å². The van der Waals surface area contributed by atoms with Crippen LogP contribution in [0.2, 0.25) is 0 Å². The highest BCUT2D eigenvalue weighted by molar-refractivity contribution is 7.85. The average Bonchev–Trinajstić information content (AvgIpc) is 3.06. The summed E-state index contributed by atoms with van der Waals surface area (Å²) in [6, 6.07) is 36.8. The van der Waals surface area contributed by atoms with Crippen molar-refractivity contribution in [3.63, 3.8) is 0 Å². The number of nitrogens with one attached hydrogen (secondary N) is 1. The molecule has 0 amide bonds. The van der Waals surface area contributed by atoms with Crippen LogP contribution in [-0.2, 0) is 0 Å². The molecule has 8 rings (SSSR count). The van der Waals surface area contributed by atoms with Gasteiger partial charge in [0.05, 0.1) is 11.4 Å². The van der Waals surface area contributed by atoms with Gasteiger partial charge in [0, 0.05) is 37.9 Å². The first-order valence-electron chi connectivity index (χ1n) is 14.3. The van der Waals surface area contributed by atoms with Crippen LogP contribution in [0.5, 0.6) is 0 Å². The number of hydrogen-bond donors (Lipinski definition) is 2. The topological polar surface area (TPSA) is 72.3 Å². The maximum absolute atomic E-state index is 5.23. The van der Waals surface area contributed by atoms with E-state index in [1.165, 1.54) is 0 Å². The van der Waals surface area contributed by atoms with Gasteiger partial charge in [0.1, 0.15) is 5.52 Å². The number of allylic oxidation sites excluding steroid dienone is 3. The molecule has 1 aliphatic rings. The second kappa shape index (κ2) is 10.5. The lowest BCUT2D eigenvalue weighted by Gasteiger charge is -2.23. The number of fused-ring (bicyclic) bond motifs is 3. The van der Waals surface area contributed by atoms with Gasteiger partial charge in [-0.25, -0.2) is 24.6 Å². The molecule has 3 heterocycles. The van der Waals surface area contributed by atoms with Crippen LogP contribution in [0.4, 0.5) is 0 Å². The maximum atomic E-state index is 5.23. The van der Waals surface area contributed by atoms with Crippen molar-refractivity contribution in [1.29, 1.82) is 0 Å². The van der Waals surface area contributed by atoms with Gasteiger partial charge in [0.15, 0.2) is 23.1 Å². The minimum Gasteiger partial charge on any atom is -0.288 e. The highest BCUT2D eigenvalue weighted by Crippen LogP contribution is 2.37. The number of H-pyrrole nitrogens is 1. The lowest BCUT2D eigenvalue weighted by atomic mass is 10.0. The lowest BCUT2D eigenvalue weighted by molar-refractivity contribution is 0.819. The van der Waals surface area contributed by atoms with Crippen molar-refractivity contribution >= 4 is 40.3 Å². The number of aromatic nitrogens is 6. The van der Waals surface area contributed by atoms with E-state index in [1.54, 1.807) is 0 Å². The van der Waals surface area contributed by atoms with Crippen LogP contribution in [0.15, 0.2) is 126 Å². The summed E-state index contributed by atoms with van der Waals surface area (Å²) < 4.78 is 2.07. The van der Waals surface area contributed by atoms with Gasteiger partial charge >= 0.3 is 0 Å². The molecule has 4 aromatic carbocycles. The molecule has 43 heavy (non-hydrogen) atoms. The fraction of sp³-hybridized carbons (Fsp3) is 0.0556. The third-order valence-electron chi connectivity index (χ3n) is 7.81. The van der Waals surface area contributed by atoms with E-state index in [4.69, 9.17) is 32.6 Å². The highest BCUT2D eigenvalue weighted by atomic mass is 32.1. The fourth-order valence-electron chi connectivity index (χ4n) is 5.66. The number of thiol groups is 1. The first-order chi connectivity index (χ1) is 21.2. The Balaban J connectivity index is 1.30. The van der Waals surface area contributed by atoms with Crippen molar-refractivity contribution in [2.75, 3.05) is 0 Å². The van der Waals surface area contributed by atoms with Crippen LogP contribution in [0.1, 0.15) is 12.8 Å². The standard InChI is InChI=1S/C36H26N6S/c43-30-21-10-9-20-29(30)42-36-32(41-42)28-19-8-7-18-27(28)31(37-36)25-16-11-17-26(22-25)35-39-33(23-12-3-1-4-13-23)38-34(40-35)24-14-5-2-6-15-24/h1-8,10-19,21-22,41,43H,9,20H2. The van der Waals surface area contributed by atoms with E-state index in [9.17, 15) is 0 Å². The summed E-state index contributed by atoms with van der Waals surface area (Å²) in [5.74, 6) is 1.89. The van der Waals surface area contributed by atoms with Gasteiger partial charge < -0.3 is 0 Å². The molecule has 0 saturated heterocycles. The van der Waals surface area contributed by atoms with Crippen molar-refractivity contribution in [2.45, 2.75) is 12.8 Å². The highest BCUT2D eigenvalue weighted by Gasteiger charge is 2.20. The summed E-state index contributed by atoms with van der Waals surface area (Å²) in [7, 11) is 0. The summed E-state index contributed by atoms with van der Waals surface area (Å²) >= 11 is 4.73. The first kappa shape index (κ1) is 25.4. The van der Waals surface area contributed by atoms with Crippen LogP contribution in [0.3, 0.4) is 0 Å². The molecule has 206 valence electrons. The van der Waals surface area contributed by atoms with E-state index in [0.29, 0.717) is 17.5 Å². The van der Waals surface area contributed by atoms with Crippen molar-refractivity contribution in [2.24, 2.45) is 0 Å². The second-order valence-corrected chi connectivity index (χ2v) is 11.0. The molecule has 0 radical (unpaired) electrons. The Bertz CT molecular complexity index is 2130. The second-order valence-electron chi connectivity index (χ2n) is 10.5. The van der Waals surface area contributed by atoms with Crippen molar-refractivity contribution < 1.29 is 0 Å². The summed E-state index contributed by atoms with van der Waals surface area (Å²) in [6.45, 7) is 0. The van der Waals surface area contributed by atoms with E-state index in [-0.39, 0.29) is 0 Å². The Morgan fingerprint density at radius 1 is 0.605 bits per heavy atom. The molecule has 0 aliphatic heterocycles. The number of aromatic amines is 1. The largest absolute Gasteiger partial charge is 0.288 e. The zero-order chi connectivity index (χ0) is 28.8. The van der Waals surface area contributed by atoms with Gasteiger partial charge in [-0.05, 0) is 18.9 Å². The molecule has 1 N–H and O–H groups in total. The Morgan fingerprint density at radius 3 is 1.86 bits per heavy atom. The van der Waals surface area contributed by atoms with Crippen LogP contribution in [0, 0.1) is 0 Å². The van der Waals surface area contributed by atoms with Crippen LogP contribution in [-0.4, -0.2) is 29.7 Å². The Kier molecular flexibility index (Phi) is 6.23. The Hall–Kier alpha value is -5.27. The van der Waals surface area contributed by atoms with Gasteiger partial charge in [-0.2, -0.15) is 0 Å². The van der Waals surface area contributed by atoms with Gasteiger partial charge in [0.25, 0.3) is 0 Å². The molecule has 3 aromatic heterocycles. The zero-order valence-corrected chi connectivity index (χ0v) is 24.0. The van der Waals surface area contributed by atoms with Gasteiger partial charge in [-0.1, -0.05) is 115 Å². The predicted molar refractivity (Wildman–Crippen MR) is 177 cm³/mol. The minimum atomic E-state index is 0.616. The van der Waals surface area contributed by atoms with Crippen molar-refractivity contribution in [3.8, 4) is 45.4 Å². The number of benzene rings is 4. The predicted octanol–water partition coefficient (Wildman–Crippen LogP) is 8.82. The van der Waals surface area contributed by atoms with E-state index in [0.717, 1.165) is 73.3 Å². The fourth-order valence-corrected chi connectivity index (χ4v) is 5.98. The summed E-state index contributed by atoms with van der Waals surface area (Å²) in [6.07, 6.45) is 6.12. The number of hydrogen-bond acceptors (Lipinski definition) is 5. The molecule has 7 aromatic rings. The summed E-state index contributed by atoms with van der Waals surface area (Å²) in [5.41, 5.74) is 7.77. The number of rotatable bonds is 5. The molecule has 7 heteroatoms. The smallest absolute Gasteiger partial charge is 0.178 e. The molecule has 6 nitrogen and oxygen atoms in total. The lowest BCUT2D eigenvalue weighted by Crippen LogP contribution is -2.14. The van der Waals surface area contributed by atoms with Crippen molar-refractivity contribution in [1.82, 2.24) is 29.7 Å². The molecule has 0 saturated carbocycles. The zero-order valence-electron chi connectivity index (χ0n) is 23.1. The average molecular weight is 575 g/mol. The van der Waals surface area contributed by atoms with Gasteiger partial charge in [-0.3, -0.25) is 5.10 Å².